The van der Waals surface area contributed by atoms with Gasteiger partial charge in [-0.1, -0.05) is 76.1 Å². The Morgan fingerprint density at radius 3 is 2.26 bits per heavy atom. The predicted octanol–water partition coefficient (Wildman–Crippen LogP) is 4.50. The Kier molecular flexibility index (Phi) is 10.3. The maximum Gasteiger partial charge on any atom is 0.248 e. The molecule has 2 bridgehead atoms. The number of unbranched alkanes of at least 4 members (excludes halogenated alkanes) is 2. The number of hydrogen-bond donors (Lipinski definition) is 1. The zero-order valence-corrected chi connectivity index (χ0v) is 25.7. The smallest absolute Gasteiger partial charge is 0.248 e. The van der Waals surface area contributed by atoms with E-state index in [0.717, 1.165) is 31.2 Å². The highest BCUT2D eigenvalue weighted by Gasteiger charge is 2.79. The van der Waals surface area contributed by atoms with Crippen LogP contribution < -0.4 is 0 Å². The Morgan fingerprint density at radius 1 is 1.02 bits per heavy atom. The molecular weight excluding hydrogens is 530 g/mol. The third kappa shape index (κ3) is 5.32. The van der Waals surface area contributed by atoms with Crippen molar-refractivity contribution >= 4 is 17.7 Å². The van der Waals surface area contributed by atoms with Gasteiger partial charge in [0.15, 0.2) is 0 Å². The van der Waals surface area contributed by atoms with Crippen LogP contribution in [0.3, 0.4) is 0 Å². The highest BCUT2D eigenvalue weighted by molar-refractivity contribution is 5.99. The van der Waals surface area contributed by atoms with Gasteiger partial charge in [0.25, 0.3) is 0 Å². The summed E-state index contributed by atoms with van der Waals surface area (Å²) in [6, 6.07) is 7.64. The summed E-state index contributed by atoms with van der Waals surface area (Å²) in [5.41, 5.74) is -1.23. The Bertz CT molecular complexity index is 1140. The lowest BCUT2D eigenvalue weighted by molar-refractivity contribution is -0.158. The number of fused-ring (bicyclic) bond motifs is 1. The van der Waals surface area contributed by atoms with Crippen LogP contribution in [0.4, 0.5) is 0 Å². The first-order chi connectivity index (χ1) is 20.3. The van der Waals surface area contributed by atoms with Crippen LogP contribution >= 0.6 is 0 Å². The highest BCUT2D eigenvalue weighted by atomic mass is 16.5. The van der Waals surface area contributed by atoms with Crippen molar-refractivity contribution in [3.05, 3.63) is 61.2 Å². The van der Waals surface area contributed by atoms with Crippen LogP contribution in [-0.2, 0) is 19.1 Å². The minimum Gasteiger partial charge on any atom is -0.394 e. The SMILES string of the molecule is C=CCN(CCCCC)C(=O)C1N([C@H](CO)c2ccccc2)C(=O)[C@@H]2[C@H](C(=O)N(CC=C)CCC)[C@]3(CC)CCC12O3. The van der Waals surface area contributed by atoms with Crippen LogP contribution in [0.25, 0.3) is 0 Å². The molecule has 42 heavy (non-hydrogen) atoms. The average molecular weight is 580 g/mol. The number of amides is 3. The fourth-order valence-electron chi connectivity index (χ4n) is 7.76. The summed E-state index contributed by atoms with van der Waals surface area (Å²) >= 11 is 0. The lowest BCUT2D eigenvalue weighted by atomic mass is 9.64. The number of aliphatic hydroxyl groups excluding tert-OH is 1. The minimum atomic E-state index is -1.15. The number of carbonyl (C=O) groups is 3. The minimum absolute atomic E-state index is 0.113. The Morgan fingerprint density at radius 2 is 1.69 bits per heavy atom. The largest absolute Gasteiger partial charge is 0.394 e. The van der Waals surface area contributed by atoms with E-state index in [0.29, 0.717) is 45.4 Å². The summed E-state index contributed by atoms with van der Waals surface area (Å²) in [5.74, 6) is -2.12. The van der Waals surface area contributed by atoms with E-state index in [1.807, 2.05) is 44.2 Å². The zero-order valence-electron chi connectivity index (χ0n) is 25.7. The molecule has 3 saturated heterocycles. The van der Waals surface area contributed by atoms with Crippen molar-refractivity contribution in [2.45, 2.75) is 89.0 Å². The monoisotopic (exact) mass is 579 g/mol. The molecule has 1 spiro atoms. The predicted molar refractivity (Wildman–Crippen MR) is 163 cm³/mol. The summed E-state index contributed by atoms with van der Waals surface area (Å²) in [4.78, 5) is 48.9. The third-order valence-corrected chi connectivity index (χ3v) is 9.66. The fourth-order valence-corrected chi connectivity index (χ4v) is 7.76. The van der Waals surface area contributed by atoms with E-state index in [-0.39, 0.29) is 24.3 Å². The summed E-state index contributed by atoms with van der Waals surface area (Å²) < 4.78 is 6.99. The van der Waals surface area contributed by atoms with Gasteiger partial charge in [-0.2, -0.15) is 0 Å². The quantitative estimate of drug-likeness (QED) is 0.230. The highest BCUT2D eigenvalue weighted by Crippen LogP contribution is 2.65. The van der Waals surface area contributed by atoms with Crippen molar-refractivity contribution in [1.82, 2.24) is 14.7 Å². The molecule has 0 aromatic heterocycles. The van der Waals surface area contributed by atoms with Gasteiger partial charge in [0.2, 0.25) is 17.7 Å². The van der Waals surface area contributed by atoms with Gasteiger partial charge >= 0.3 is 0 Å². The average Bonchev–Trinajstić information content (AvgIpc) is 3.61. The van der Waals surface area contributed by atoms with Crippen LogP contribution in [0, 0.1) is 11.8 Å². The first kappa shape index (κ1) is 32.0. The first-order valence-electron chi connectivity index (χ1n) is 15.8. The van der Waals surface area contributed by atoms with E-state index in [2.05, 4.69) is 20.1 Å². The molecule has 3 fully saturated rings. The van der Waals surface area contributed by atoms with Crippen molar-refractivity contribution in [2.24, 2.45) is 11.8 Å². The molecular formula is C34H49N3O5. The molecule has 0 radical (unpaired) electrons. The summed E-state index contributed by atoms with van der Waals surface area (Å²) in [5, 5.41) is 10.7. The second-order valence-corrected chi connectivity index (χ2v) is 12.0. The lowest BCUT2D eigenvalue weighted by Crippen LogP contribution is -2.57. The van der Waals surface area contributed by atoms with E-state index in [1.165, 1.54) is 0 Å². The Hall–Kier alpha value is -2.97. The van der Waals surface area contributed by atoms with Crippen molar-refractivity contribution in [1.29, 1.82) is 0 Å². The van der Waals surface area contributed by atoms with E-state index >= 15 is 0 Å². The Labute approximate surface area is 251 Å². The van der Waals surface area contributed by atoms with E-state index in [1.54, 1.807) is 26.9 Å². The second kappa shape index (κ2) is 13.6. The molecule has 3 aliphatic rings. The molecule has 3 heterocycles. The van der Waals surface area contributed by atoms with Gasteiger partial charge in [-0.15, -0.1) is 13.2 Å². The molecule has 1 N–H and O–H groups in total. The van der Waals surface area contributed by atoms with Gasteiger partial charge in [0.05, 0.1) is 30.1 Å². The number of carbonyl (C=O) groups excluding carboxylic acids is 3. The van der Waals surface area contributed by atoms with Gasteiger partial charge in [-0.3, -0.25) is 14.4 Å². The topological polar surface area (TPSA) is 90.4 Å². The molecule has 4 rings (SSSR count). The van der Waals surface area contributed by atoms with Gasteiger partial charge < -0.3 is 24.5 Å². The molecule has 6 atom stereocenters. The van der Waals surface area contributed by atoms with E-state index < -0.39 is 35.1 Å². The van der Waals surface area contributed by atoms with Gasteiger partial charge in [-0.05, 0) is 37.7 Å². The molecule has 0 aliphatic carbocycles. The van der Waals surface area contributed by atoms with Crippen molar-refractivity contribution in [2.75, 3.05) is 32.8 Å². The Balaban J connectivity index is 1.86. The lowest BCUT2D eigenvalue weighted by Gasteiger charge is -2.39. The van der Waals surface area contributed by atoms with E-state index in [4.69, 9.17) is 4.74 Å². The number of benzene rings is 1. The van der Waals surface area contributed by atoms with Crippen LogP contribution in [0.5, 0.6) is 0 Å². The maximum absolute atomic E-state index is 14.8. The molecule has 3 amide bonds. The molecule has 1 aromatic rings. The molecule has 2 unspecified atom stereocenters. The van der Waals surface area contributed by atoms with E-state index in [9.17, 15) is 19.5 Å². The number of rotatable bonds is 16. The molecule has 8 nitrogen and oxygen atoms in total. The molecule has 8 heteroatoms. The summed E-state index contributed by atoms with van der Waals surface area (Å²) in [7, 11) is 0. The first-order valence-corrected chi connectivity index (χ1v) is 15.8. The van der Waals surface area contributed by atoms with Gasteiger partial charge in [0.1, 0.15) is 11.6 Å². The molecule has 3 aliphatic heterocycles. The summed E-state index contributed by atoms with van der Waals surface area (Å²) in [6.07, 6.45) is 8.71. The fraction of sp³-hybridized carbons (Fsp3) is 0.618. The van der Waals surface area contributed by atoms with Crippen molar-refractivity contribution < 1.29 is 24.2 Å². The normalized spacial score (nSPS) is 28.4. The second-order valence-electron chi connectivity index (χ2n) is 12.0. The summed E-state index contributed by atoms with van der Waals surface area (Å²) in [6.45, 7) is 15.4. The zero-order chi connectivity index (χ0) is 30.5. The molecule has 0 saturated carbocycles. The van der Waals surface area contributed by atoms with Gasteiger partial charge in [0, 0.05) is 26.2 Å². The number of likely N-dealkylation sites (tertiary alicyclic amines) is 1. The molecule has 1 aromatic carbocycles. The van der Waals surface area contributed by atoms with Crippen molar-refractivity contribution in [3.63, 3.8) is 0 Å². The van der Waals surface area contributed by atoms with Crippen molar-refractivity contribution in [3.8, 4) is 0 Å². The standard InChI is InChI=1S/C34H49N3O5/c1-6-11-15-23-36(22-9-4)32(41)29-34-19-18-33(10-5,42-34)27(30(39)35(20-7-2)21-8-3)28(34)31(40)37(29)26(24-38)25-16-13-12-14-17-25/h7,9,12-14,16-17,26-29,38H,2,4,6,8,10-11,15,18-24H2,1,3,5H3/t26-,27-,28+,29?,33+,34?/m1/s1. The number of hydrogen-bond acceptors (Lipinski definition) is 5. The molecule has 230 valence electrons. The van der Waals surface area contributed by atoms with Crippen LogP contribution in [0.2, 0.25) is 0 Å². The van der Waals surface area contributed by atoms with Crippen LogP contribution in [-0.4, -0.2) is 87.6 Å². The number of nitrogens with zero attached hydrogens (tertiary/aromatic N) is 3. The van der Waals surface area contributed by atoms with Gasteiger partial charge in [-0.25, -0.2) is 0 Å². The number of ether oxygens (including phenoxy) is 1. The number of aliphatic hydroxyl groups is 1. The third-order valence-electron chi connectivity index (χ3n) is 9.66. The maximum atomic E-state index is 14.8. The van der Waals surface area contributed by atoms with Crippen LogP contribution in [0.1, 0.15) is 77.3 Å². The van der Waals surface area contributed by atoms with Crippen LogP contribution in [0.15, 0.2) is 55.6 Å².